The van der Waals surface area contributed by atoms with Crippen LogP contribution in [0.4, 0.5) is 0 Å². The number of rotatable bonds is 7. The van der Waals surface area contributed by atoms with Crippen LogP contribution < -0.4 is 0 Å². The summed E-state index contributed by atoms with van der Waals surface area (Å²) in [5, 5.41) is 0. The largest absolute Gasteiger partial charge is 0.375 e. The molecule has 4 rings (SSSR count). The van der Waals surface area contributed by atoms with Gasteiger partial charge in [-0.1, -0.05) is 20.8 Å². The Morgan fingerprint density at radius 3 is 2.40 bits per heavy atom. The summed E-state index contributed by atoms with van der Waals surface area (Å²) in [7, 11) is 1.82. The van der Waals surface area contributed by atoms with E-state index in [1.54, 1.807) is 0 Å². The molecule has 0 spiro atoms. The first kappa shape index (κ1) is 18.2. The van der Waals surface area contributed by atoms with E-state index in [0.29, 0.717) is 17.6 Å². The number of fused-ring (bicyclic) bond motifs is 1. The minimum atomic E-state index is -0.259. The third-order valence-electron chi connectivity index (χ3n) is 8.01. The first-order valence-electron chi connectivity index (χ1n) is 10.4. The fourth-order valence-corrected chi connectivity index (χ4v) is 5.80. The Labute approximate surface area is 152 Å². The summed E-state index contributed by atoms with van der Waals surface area (Å²) >= 11 is 0. The first-order valence-corrected chi connectivity index (χ1v) is 10.4. The third-order valence-corrected chi connectivity index (χ3v) is 8.01. The Balaban J connectivity index is 1.32. The Bertz CT molecular complexity index is 480. The molecule has 0 aromatic rings. The molecule has 0 radical (unpaired) electrons. The average Bonchev–Trinajstić information content (AvgIpc) is 3.54. The predicted molar refractivity (Wildman–Crippen MR) is 96.4 cm³/mol. The first-order chi connectivity index (χ1) is 11.9. The highest BCUT2D eigenvalue weighted by Crippen LogP contribution is 2.64. The van der Waals surface area contributed by atoms with Gasteiger partial charge >= 0.3 is 0 Å². The lowest BCUT2D eigenvalue weighted by molar-refractivity contribution is -0.0488. The molecule has 2 aliphatic carbocycles. The standard InChI is InChI=1S/C21H36O4/c1-5-20-12-16(10-11-21(20,22-4)25-20)19(2,3)15-6-8-17(9-7-15)23-13-18-14-24-18/h15-18H,5-14H2,1-4H3. The van der Waals surface area contributed by atoms with E-state index in [1.807, 2.05) is 7.11 Å². The van der Waals surface area contributed by atoms with Crippen LogP contribution >= 0.6 is 0 Å². The second-order valence-corrected chi connectivity index (χ2v) is 9.43. The maximum Gasteiger partial charge on any atom is 0.198 e. The van der Waals surface area contributed by atoms with E-state index in [2.05, 4.69) is 20.8 Å². The molecule has 4 heteroatoms. The maximum absolute atomic E-state index is 6.19. The Morgan fingerprint density at radius 2 is 1.80 bits per heavy atom. The number of ether oxygens (including phenoxy) is 4. The number of epoxide rings is 2. The second kappa shape index (κ2) is 6.47. The average molecular weight is 353 g/mol. The molecule has 0 N–H and O–H groups in total. The smallest absolute Gasteiger partial charge is 0.198 e. The molecule has 4 unspecified atom stereocenters. The molecule has 25 heavy (non-hydrogen) atoms. The molecule has 0 amide bonds. The van der Waals surface area contributed by atoms with Crippen LogP contribution in [0.3, 0.4) is 0 Å². The fourth-order valence-electron chi connectivity index (χ4n) is 5.80. The van der Waals surface area contributed by atoms with E-state index in [0.717, 1.165) is 37.9 Å². The zero-order valence-corrected chi connectivity index (χ0v) is 16.5. The van der Waals surface area contributed by atoms with Gasteiger partial charge in [0.15, 0.2) is 5.79 Å². The molecule has 2 aliphatic heterocycles. The zero-order valence-electron chi connectivity index (χ0n) is 16.5. The minimum Gasteiger partial charge on any atom is -0.375 e. The van der Waals surface area contributed by atoms with Gasteiger partial charge in [0.05, 0.1) is 19.3 Å². The van der Waals surface area contributed by atoms with Crippen LogP contribution in [0, 0.1) is 17.3 Å². The molecule has 2 heterocycles. The van der Waals surface area contributed by atoms with Gasteiger partial charge in [-0.3, -0.25) is 0 Å². The van der Waals surface area contributed by atoms with E-state index >= 15 is 0 Å². The molecule has 2 saturated carbocycles. The van der Waals surface area contributed by atoms with Crippen molar-refractivity contribution in [2.24, 2.45) is 17.3 Å². The number of methoxy groups -OCH3 is 1. The normalized spacial score (nSPS) is 46.6. The summed E-state index contributed by atoms with van der Waals surface area (Å²) in [6.45, 7) is 8.97. The highest BCUT2D eigenvalue weighted by atomic mass is 16.8. The Hall–Kier alpha value is -0.160. The van der Waals surface area contributed by atoms with Crippen molar-refractivity contribution in [1.29, 1.82) is 0 Å². The highest BCUT2D eigenvalue weighted by Gasteiger charge is 2.72. The molecule has 0 aromatic carbocycles. The molecule has 0 aromatic heterocycles. The van der Waals surface area contributed by atoms with Crippen molar-refractivity contribution in [2.45, 2.75) is 95.7 Å². The van der Waals surface area contributed by atoms with Crippen molar-refractivity contribution in [1.82, 2.24) is 0 Å². The van der Waals surface area contributed by atoms with Crippen molar-refractivity contribution in [3.8, 4) is 0 Å². The van der Waals surface area contributed by atoms with E-state index in [9.17, 15) is 0 Å². The number of hydrogen-bond acceptors (Lipinski definition) is 4. The van der Waals surface area contributed by atoms with Crippen LogP contribution in [0.15, 0.2) is 0 Å². The van der Waals surface area contributed by atoms with Crippen molar-refractivity contribution >= 4 is 0 Å². The fraction of sp³-hybridized carbons (Fsp3) is 1.00. The minimum absolute atomic E-state index is 0.00743. The molecule has 144 valence electrons. The predicted octanol–water partition coefficient (Wildman–Crippen LogP) is 4.31. The van der Waals surface area contributed by atoms with Gasteiger partial charge < -0.3 is 18.9 Å². The lowest BCUT2D eigenvalue weighted by atomic mass is 9.59. The van der Waals surface area contributed by atoms with Gasteiger partial charge in [0.1, 0.15) is 11.7 Å². The quantitative estimate of drug-likeness (QED) is 0.641. The van der Waals surface area contributed by atoms with Crippen LogP contribution in [-0.4, -0.2) is 43.9 Å². The van der Waals surface area contributed by atoms with Crippen LogP contribution in [-0.2, 0) is 18.9 Å². The summed E-state index contributed by atoms with van der Waals surface area (Å²) in [6, 6.07) is 0. The molecule has 4 atom stereocenters. The second-order valence-electron chi connectivity index (χ2n) is 9.43. The van der Waals surface area contributed by atoms with Gasteiger partial charge in [-0.25, -0.2) is 0 Å². The maximum atomic E-state index is 6.19. The summed E-state index contributed by atoms with van der Waals surface area (Å²) in [5.41, 5.74) is 0.366. The van der Waals surface area contributed by atoms with E-state index in [-0.39, 0.29) is 11.4 Å². The van der Waals surface area contributed by atoms with E-state index in [1.165, 1.54) is 38.5 Å². The van der Waals surface area contributed by atoms with Gasteiger partial charge in [-0.2, -0.15) is 0 Å². The highest BCUT2D eigenvalue weighted by molar-refractivity contribution is 5.14. The molecule has 4 aliphatic rings. The molecule has 0 bridgehead atoms. The van der Waals surface area contributed by atoms with Crippen LogP contribution in [0.5, 0.6) is 0 Å². The van der Waals surface area contributed by atoms with Crippen LogP contribution in [0.2, 0.25) is 0 Å². The zero-order chi connectivity index (χ0) is 17.7. The molecular weight excluding hydrogens is 316 g/mol. The summed E-state index contributed by atoms with van der Waals surface area (Å²) in [5.74, 6) is 1.28. The van der Waals surface area contributed by atoms with Gasteiger partial charge in [0.25, 0.3) is 0 Å². The SMILES string of the molecule is CCC12CC(C(C)(C)C3CCC(OCC4CO4)CC3)CCC1(OC)O2. The monoisotopic (exact) mass is 352 g/mol. The Morgan fingerprint density at radius 1 is 1.08 bits per heavy atom. The van der Waals surface area contributed by atoms with Crippen molar-refractivity contribution in [3.63, 3.8) is 0 Å². The molecule has 4 nitrogen and oxygen atoms in total. The molecular formula is C21H36O4. The summed E-state index contributed by atoms with van der Waals surface area (Å²) in [4.78, 5) is 0. The van der Waals surface area contributed by atoms with E-state index in [4.69, 9.17) is 18.9 Å². The van der Waals surface area contributed by atoms with Crippen molar-refractivity contribution in [2.75, 3.05) is 20.3 Å². The third kappa shape index (κ3) is 3.18. The molecule has 4 fully saturated rings. The van der Waals surface area contributed by atoms with Gasteiger partial charge in [0, 0.05) is 13.5 Å². The summed E-state index contributed by atoms with van der Waals surface area (Å²) < 4.78 is 23.3. The number of hydrogen-bond donors (Lipinski definition) is 0. The van der Waals surface area contributed by atoms with E-state index < -0.39 is 0 Å². The Kier molecular flexibility index (Phi) is 4.71. The van der Waals surface area contributed by atoms with Gasteiger partial charge in [0.2, 0.25) is 0 Å². The molecule has 2 saturated heterocycles. The lowest BCUT2D eigenvalue weighted by Gasteiger charge is -2.47. The topological polar surface area (TPSA) is 43.5 Å². The van der Waals surface area contributed by atoms with Gasteiger partial charge in [-0.15, -0.1) is 0 Å². The van der Waals surface area contributed by atoms with Crippen molar-refractivity contribution in [3.05, 3.63) is 0 Å². The van der Waals surface area contributed by atoms with Crippen LogP contribution in [0.25, 0.3) is 0 Å². The lowest BCUT2D eigenvalue weighted by Crippen LogP contribution is -2.43. The summed E-state index contributed by atoms with van der Waals surface area (Å²) in [6.07, 6.45) is 10.4. The van der Waals surface area contributed by atoms with Crippen molar-refractivity contribution < 1.29 is 18.9 Å². The van der Waals surface area contributed by atoms with Crippen LogP contribution in [0.1, 0.15) is 72.1 Å². The van der Waals surface area contributed by atoms with Gasteiger partial charge in [-0.05, 0) is 62.2 Å².